The van der Waals surface area contributed by atoms with Crippen LogP contribution in [-0.4, -0.2) is 33.9 Å². The molecule has 1 aliphatic heterocycles. The molecule has 1 N–H and O–H groups in total. The van der Waals surface area contributed by atoms with Gasteiger partial charge in [-0.3, -0.25) is 4.79 Å². The van der Waals surface area contributed by atoms with Crippen LogP contribution >= 0.6 is 0 Å². The van der Waals surface area contributed by atoms with Crippen LogP contribution in [0.2, 0.25) is 0 Å². The van der Waals surface area contributed by atoms with Crippen molar-refractivity contribution >= 4 is 17.4 Å². The zero-order valence-electron chi connectivity index (χ0n) is 16.1. The molecule has 0 aliphatic carbocycles. The number of anilines is 2. The van der Waals surface area contributed by atoms with Gasteiger partial charge in [-0.1, -0.05) is 39.8 Å². The number of aromatic nitrogens is 2. The average Bonchev–Trinajstić information content (AvgIpc) is 2.61. The summed E-state index contributed by atoms with van der Waals surface area (Å²) in [6, 6.07) is 10.0. The van der Waals surface area contributed by atoms with E-state index in [0.29, 0.717) is 17.4 Å². The Morgan fingerprint density at radius 3 is 2.58 bits per heavy atom. The molecule has 5 heteroatoms. The van der Waals surface area contributed by atoms with Crippen molar-refractivity contribution in [2.45, 2.75) is 46.0 Å². The predicted molar refractivity (Wildman–Crippen MR) is 105 cm³/mol. The highest BCUT2D eigenvalue weighted by molar-refractivity contribution is 5.93. The van der Waals surface area contributed by atoms with E-state index in [1.807, 2.05) is 17.0 Å². The summed E-state index contributed by atoms with van der Waals surface area (Å²) in [5.74, 6) is 1.18. The van der Waals surface area contributed by atoms with Gasteiger partial charge in [0, 0.05) is 24.8 Å². The van der Waals surface area contributed by atoms with Crippen LogP contribution < -0.4 is 5.32 Å². The van der Waals surface area contributed by atoms with Gasteiger partial charge in [0.1, 0.15) is 17.8 Å². The summed E-state index contributed by atoms with van der Waals surface area (Å²) in [6.07, 6.45) is 3.70. The van der Waals surface area contributed by atoms with Crippen molar-refractivity contribution in [2.24, 2.45) is 5.92 Å². The van der Waals surface area contributed by atoms with Crippen molar-refractivity contribution in [1.82, 2.24) is 14.9 Å². The lowest BCUT2D eigenvalue weighted by molar-refractivity contribution is 0.0677. The number of likely N-dealkylation sites (tertiary alicyclic amines) is 1. The molecule has 3 rings (SSSR count). The zero-order valence-corrected chi connectivity index (χ0v) is 16.1. The first kappa shape index (κ1) is 18.4. The summed E-state index contributed by atoms with van der Waals surface area (Å²) in [4.78, 5) is 23.1. The van der Waals surface area contributed by atoms with Crippen LogP contribution in [0, 0.1) is 5.92 Å². The lowest BCUT2D eigenvalue weighted by atomic mass is 9.87. The van der Waals surface area contributed by atoms with Crippen LogP contribution in [-0.2, 0) is 5.41 Å². The number of nitrogens with one attached hydrogen (secondary N) is 1. The SMILES string of the molecule is CC1CCCN(C(=O)c2cc(Nc3ccc(C(C)(C)C)cc3)ncn2)C1. The molecular weight excluding hydrogens is 324 g/mol. The Hall–Kier alpha value is -2.43. The number of hydrogen-bond acceptors (Lipinski definition) is 4. The van der Waals surface area contributed by atoms with Gasteiger partial charge in [0.05, 0.1) is 0 Å². The summed E-state index contributed by atoms with van der Waals surface area (Å²) in [6.45, 7) is 10.4. The van der Waals surface area contributed by atoms with Gasteiger partial charge in [0.25, 0.3) is 5.91 Å². The number of rotatable bonds is 3. The Morgan fingerprint density at radius 2 is 1.92 bits per heavy atom. The van der Waals surface area contributed by atoms with E-state index >= 15 is 0 Å². The molecular formula is C21H28N4O. The minimum atomic E-state index is -0.00918. The van der Waals surface area contributed by atoms with E-state index in [-0.39, 0.29) is 11.3 Å². The zero-order chi connectivity index (χ0) is 18.7. The van der Waals surface area contributed by atoms with E-state index in [9.17, 15) is 4.79 Å². The van der Waals surface area contributed by atoms with Crippen molar-refractivity contribution in [3.8, 4) is 0 Å². The first-order valence-corrected chi connectivity index (χ1v) is 9.32. The Balaban J connectivity index is 1.72. The summed E-state index contributed by atoms with van der Waals surface area (Å²) >= 11 is 0. The van der Waals surface area contributed by atoms with Crippen LogP contribution in [0.4, 0.5) is 11.5 Å². The van der Waals surface area contributed by atoms with Crippen LogP contribution in [0.3, 0.4) is 0 Å². The van der Waals surface area contributed by atoms with Crippen LogP contribution in [0.25, 0.3) is 0 Å². The van der Waals surface area contributed by atoms with Crippen molar-refractivity contribution in [3.05, 3.63) is 47.9 Å². The fourth-order valence-corrected chi connectivity index (χ4v) is 3.28. The highest BCUT2D eigenvalue weighted by Gasteiger charge is 2.23. The van der Waals surface area contributed by atoms with E-state index in [0.717, 1.165) is 25.2 Å². The lowest BCUT2D eigenvalue weighted by Gasteiger charge is -2.30. The van der Waals surface area contributed by atoms with Gasteiger partial charge in [-0.2, -0.15) is 0 Å². The Morgan fingerprint density at radius 1 is 1.19 bits per heavy atom. The molecule has 1 atom stereocenters. The minimum Gasteiger partial charge on any atom is -0.340 e. The normalized spacial score (nSPS) is 17.8. The monoisotopic (exact) mass is 352 g/mol. The Bertz CT molecular complexity index is 764. The second kappa shape index (κ2) is 7.44. The Labute approximate surface area is 155 Å². The van der Waals surface area contributed by atoms with E-state index in [2.05, 4.69) is 55.1 Å². The second-order valence-electron chi connectivity index (χ2n) is 8.24. The highest BCUT2D eigenvalue weighted by Crippen LogP contribution is 2.25. The van der Waals surface area contributed by atoms with Gasteiger partial charge in [0.2, 0.25) is 0 Å². The van der Waals surface area contributed by atoms with E-state index in [1.54, 1.807) is 6.07 Å². The number of carbonyl (C=O) groups excluding carboxylic acids is 1. The average molecular weight is 352 g/mol. The van der Waals surface area contributed by atoms with Crippen molar-refractivity contribution < 1.29 is 4.79 Å². The maximum Gasteiger partial charge on any atom is 0.272 e. The molecule has 1 aromatic carbocycles. The van der Waals surface area contributed by atoms with Crippen molar-refractivity contribution in [3.63, 3.8) is 0 Å². The quantitative estimate of drug-likeness (QED) is 0.890. The maximum atomic E-state index is 12.7. The van der Waals surface area contributed by atoms with Gasteiger partial charge in [-0.25, -0.2) is 9.97 Å². The summed E-state index contributed by atoms with van der Waals surface area (Å²) in [5.41, 5.74) is 2.80. The number of hydrogen-bond donors (Lipinski definition) is 1. The first-order valence-electron chi connectivity index (χ1n) is 9.32. The van der Waals surface area contributed by atoms with Crippen molar-refractivity contribution in [2.75, 3.05) is 18.4 Å². The molecule has 2 heterocycles. The fraction of sp³-hybridized carbons (Fsp3) is 0.476. The molecule has 1 unspecified atom stereocenters. The molecule has 2 aromatic rings. The van der Waals surface area contributed by atoms with Gasteiger partial charge in [-0.15, -0.1) is 0 Å². The molecule has 1 aliphatic rings. The number of nitrogens with zero attached hydrogens (tertiary/aromatic N) is 3. The molecule has 1 saturated heterocycles. The summed E-state index contributed by atoms with van der Waals surface area (Å²) in [5, 5.41) is 3.27. The van der Waals surface area contributed by atoms with Gasteiger partial charge < -0.3 is 10.2 Å². The van der Waals surface area contributed by atoms with E-state index < -0.39 is 0 Å². The second-order valence-corrected chi connectivity index (χ2v) is 8.24. The maximum absolute atomic E-state index is 12.7. The highest BCUT2D eigenvalue weighted by atomic mass is 16.2. The van der Waals surface area contributed by atoms with Gasteiger partial charge in [0.15, 0.2) is 0 Å². The molecule has 0 bridgehead atoms. The van der Waals surface area contributed by atoms with E-state index in [4.69, 9.17) is 0 Å². The number of piperidine rings is 1. The third-order valence-corrected chi connectivity index (χ3v) is 4.85. The van der Waals surface area contributed by atoms with Crippen molar-refractivity contribution in [1.29, 1.82) is 0 Å². The molecule has 0 radical (unpaired) electrons. The molecule has 1 aromatic heterocycles. The molecule has 0 saturated carbocycles. The third-order valence-electron chi connectivity index (χ3n) is 4.85. The van der Waals surface area contributed by atoms with Crippen LogP contribution in [0.15, 0.2) is 36.7 Å². The first-order chi connectivity index (χ1) is 12.3. The summed E-state index contributed by atoms with van der Waals surface area (Å²) < 4.78 is 0. The molecule has 0 spiro atoms. The number of carbonyl (C=O) groups is 1. The Kier molecular flexibility index (Phi) is 5.25. The molecule has 1 amide bonds. The standard InChI is InChI=1S/C21H28N4O/c1-15-6-5-11-25(13-15)20(26)18-12-19(23-14-22-18)24-17-9-7-16(8-10-17)21(2,3)4/h7-10,12,14-15H,5-6,11,13H2,1-4H3,(H,22,23,24). The van der Waals surface area contributed by atoms with Crippen LogP contribution in [0.1, 0.15) is 56.6 Å². The van der Waals surface area contributed by atoms with Gasteiger partial charge in [-0.05, 0) is 41.9 Å². The predicted octanol–water partition coefficient (Wildman–Crippen LogP) is 4.39. The number of benzene rings is 1. The number of amides is 1. The smallest absolute Gasteiger partial charge is 0.272 e. The largest absolute Gasteiger partial charge is 0.340 e. The van der Waals surface area contributed by atoms with Crippen LogP contribution in [0.5, 0.6) is 0 Å². The van der Waals surface area contributed by atoms with E-state index in [1.165, 1.54) is 18.3 Å². The molecule has 138 valence electrons. The van der Waals surface area contributed by atoms with Gasteiger partial charge >= 0.3 is 0 Å². The molecule has 5 nitrogen and oxygen atoms in total. The fourth-order valence-electron chi connectivity index (χ4n) is 3.28. The third kappa shape index (κ3) is 4.40. The minimum absolute atomic E-state index is 0.00918. The molecule has 26 heavy (non-hydrogen) atoms. The molecule has 1 fully saturated rings. The topological polar surface area (TPSA) is 58.1 Å². The lowest BCUT2D eigenvalue weighted by Crippen LogP contribution is -2.39. The summed E-state index contributed by atoms with van der Waals surface area (Å²) in [7, 11) is 0.